The van der Waals surface area contributed by atoms with Gasteiger partial charge in [-0.1, -0.05) is 87.5 Å². The predicted molar refractivity (Wildman–Crippen MR) is 105 cm³/mol. The van der Waals surface area contributed by atoms with Crippen LogP contribution in [0.4, 0.5) is 0 Å². The Morgan fingerprint density at radius 1 is 0.909 bits per heavy atom. The molecule has 22 heavy (non-hydrogen) atoms. The van der Waals surface area contributed by atoms with E-state index in [-0.39, 0.29) is 0 Å². The van der Waals surface area contributed by atoms with Crippen LogP contribution in [-0.2, 0) is 0 Å². The molecule has 1 unspecified atom stereocenters. The molecule has 120 valence electrons. The second-order valence-corrected chi connectivity index (χ2v) is 17.9. The number of hydrogen-bond donors (Lipinski definition) is 0. The molecule has 1 aliphatic rings. The minimum absolute atomic E-state index is 0.627. The van der Waals surface area contributed by atoms with Crippen LogP contribution in [0.15, 0.2) is 30.3 Å². The maximum absolute atomic E-state index is 3.84. The van der Waals surface area contributed by atoms with Gasteiger partial charge in [0.15, 0.2) is 0 Å². The maximum atomic E-state index is 3.84. The molecule has 0 amide bonds. The van der Waals surface area contributed by atoms with Crippen molar-refractivity contribution in [2.75, 3.05) is 0 Å². The first-order chi connectivity index (χ1) is 10.3. The molecule has 1 aromatic rings. The molecule has 0 aromatic heterocycles. The Labute approximate surface area is 139 Å². The molecule has 0 radical (unpaired) electrons. The van der Waals surface area contributed by atoms with Crippen LogP contribution < -0.4 is 5.19 Å². The van der Waals surface area contributed by atoms with Gasteiger partial charge in [0.1, 0.15) is 8.07 Å². The molecule has 1 aromatic carbocycles. The zero-order valence-corrected chi connectivity index (χ0v) is 17.1. The molecule has 2 rings (SSSR count). The van der Waals surface area contributed by atoms with Gasteiger partial charge in [0.05, 0.1) is 8.07 Å². The first-order valence-corrected chi connectivity index (χ1v) is 15.5. The SMILES string of the molecule is C[Si](C)(C)C#CC(C1CCCCC1)[Si](C)(C)c1ccccc1. The minimum atomic E-state index is -1.55. The summed E-state index contributed by atoms with van der Waals surface area (Å²) in [6.45, 7) is 12.2. The molecule has 0 bridgehead atoms. The van der Waals surface area contributed by atoms with E-state index in [1.807, 2.05) is 0 Å². The third-order valence-corrected chi connectivity index (χ3v) is 9.91. The van der Waals surface area contributed by atoms with Gasteiger partial charge in [-0.25, -0.2) is 0 Å². The van der Waals surface area contributed by atoms with E-state index in [2.05, 4.69) is 74.5 Å². The summed E-state index contributed by atoms with van der Waals surface area (Å²) in [4.78, 5) is 0. The topological polar surface area (TPSA) is 0 Å². The van der Waals surface area contributed by atoms with Gasteiger partial charge in [0, 0.05) is 5.54 Å². The van der Waals surface area contributed by atoms with Crippen LogP contribution in [0.25, 0.3) is 0 Å². The molecule has 0 saturated heterocycles. The Morgan fingerprint density at radius 3 is 2.05 bits per heavy atom. The highest BCUT2D eigenvalue weighted by Crippen LogP contribution is 2.39. The van der Waals surface area contributed by atoms with Gasteiger partial charge in [-0.3, -0.25) is 0 Å². The highest BCUT2D eigenvalue weighted by molar-refractivity contribution is 6.92. The van der Waals surface area contributed by atoms with Gasteiger partial charge >= 0.3 is 0 Å². The van der Waals surface area contributed by atoms with E-state index in [0.717, 1.165) is 5.92 Å². The second kappa shape index (κ2) is 7.19. The van der Waals surface area contributed by atoms with Crippen LogP contribution in [0.3, 0.4) is 0 Å². The third-order valence-electron chi connectivity index (χ3n) is 5.02. The second-order valence-electron chi connectivity index (χ2n) is 8.48. The molecule has 0 spiro atoms. The fraction of sp³-hybridized carbons (Fsp3) is 0.600. The first-order valence-electron chi connectivity index (χ1n) is 8.89. The van der Waals surface area contributed by atoms with Gasteiger partial charge in [-0.15, -0.1) is 11.5 Å². The van der Waals surface area contributed by atoms with Gasteiger partial charge in [0.2, 0.25) is 0 Å². The summed E-state index contributed by atoms with van der Waals surface area (Å²) in [5.41, 5.74) is 4.35. The molecule has 1 saturated carbocycles. The van der Waals surface area contributed by atoms with Crippen molar-refractivity contribution in [3.8, 4) is 11.5 Å². The number of hydrogen-bond acceptors (Lipinski definition) is 0. The minimum Gasteiger partial charge on any atom is -0.132 e. The summed E-state index contributed by atoms with van der Waals surface area (Å²) >= 11 is 0. The van der Waals surface area contributed by atoms with Crippen molar-refractivity contribution in [2.24, 2.45) is 5.92 Å². The Balaban J connectivity index is 2.35. The molecule has 0 N–H and O–H groups in total. The summed E-state index contributed by atoms with van der Waals surface area (Å²) in [5.74, 6) is 4.67. The van der Waals surface area contributed by atoms with Gasteiger partial charge in [-0.2, -0.15) is 0 Å². The average molecular weight is 329 g/mol. The molecule has 1 fully saturated rings. The van der Waals surface area contributed by atoms with Crippen molar-refractivity contribution in [1.29, 1.82) is 0 Å². The maximum Gasteiger partial charge on any atom is 0.129 e. The lowest BCUT2D eigenvalue weighted by Crippen LogP contribution is -2.48. The molecule has 2 heteroatoms. The lowest BCUT2D eigenvalue weighted by molar-refractivity contribution is 0.361. The lowest BCUT2D eigenvalue weighted by atomic mass is 9.87. The van der Waals surface area contributed by atoms with Crippen molar-refractivity contribution in [3.05, 3.63) is 30.3 Å². The van der Waals surface area contributed by atoms with Gasteiger partial charge < -0.3 is 0 Å². The predicted octanol–water partition coefficient (Wildman–Crippen LogP) is 5.43. The Kier molecular flexibility index (Phi) is 5.74. The number of benzene rings is 1. The van der Waals surface area contributed by atoms with Crippen LogP contribution in [0.1, 0.15) is 32.1 Å². The zero-order chi connectivity index (χ0) is 16.2. The van der Waals surface area contributed by atoms with Crippen molar-refractivity contribution in [1.82, 2.24) is 0 Å². The molecule has 1 atom stereocenters. The molecule has 0 aliphatic heterocycles. The van der Waals surface area contributed by atoms with Crippen LogP contribution in [0, 0.1) is 17.4 Å². The van der Waals surface area contributed by atoms with Gasteiger partial charge in [0.25, 0.3) is 0 Å². The van der Waals surface area contributed by atoms with E-state index in [9.17, 15) is 0 Å². The molecule has 0 heterocycles. The average Bonchev–Trinajstić information content (AvgIpc) is 2.48. The van der Waals surface area contributed by atoms with E-state index < -0.39 is 16.1 Å². The van der Waals surface area contributed by atoms with E-state index in [1.165, 1.54) is 32.1 Å². The third kappa shape index (κ3) is 4.60. The summed E-state index contributed by atoms with van der Waals surface area (Å²) < 4.78 is 0. The molecular formula is C20H32Si2. The summed E-state index contributed by atoms with van der Waals surface area (Å²) in [6.07, 6.45) is 7.05. The van der Waals surface area contributed by atoms with E-state index in [4.69, 9.17) is 0 Å². The normalized spacial score (nSPS) is 18.4. The largest absolute Gasteiger partial charge is 0.132 e. The van der Waals surface area contributed by atoms with Crippen LogP contribution in [0.2, 0.25) is 38.3 Å². The zero-order valence-electron chi connectivity index (χ0n) is 15.1. The Hall–Kier alpha value is -0.786. The molecule has 0 nitrogen and oxygen atoms in total. The summed E-state index contributed by atoms with van der Waals surface area (Å²) in [7, 11) is -2.85. The van der Waals surface area contributed by atoms with Crippen LogP contribution in [-0.4, -0.2) is 16.1 Å². The van der Waals surface area contributed by atoms with Crippen molar-refractivity contribution in [3.63, 3.8) is 0 Å². The summed E-state index contributed by atoms with van der Waals surface area (Å²) in [6, 6.07) is 11.2. The first kappa shape index (κ1) is 17.6. The number of rotatable bonds is 3. The highest BCUT2D eigenvalue weighted by Gasteiger charge is 2.38. The standard InChI is InChI=1S/C20H32Si2/c1-21(2,3)17-16-20(18-12-8-6-9-13-18)22(4,5)19-14-10-7-11-15-19/h7,10-11,14-15,18,20H,6,8-9,12-13H2,1-5H3. The lowest BCUT2D eigenvalue weighted by Gasteiger charge is -2.37. The smallest absolute Gasteiger partial charge is 0.129 e. The van der Waals surface area contributed by atoms with Crippen LogP contribution >= 0.6 is 0 Å². The summed E-state index contributed by atoms with van der Waals surface area (Å²) in [5, 5.41) is 1.58. The van der Waals surface area contributed by atoms with E-state index in [0.29, 0.717) is 5.54 Å². The Bertz CT molecular complexity index is 522. The molecular weight excluding hydrogens is 296 g/mol. The quantitative estimate of drug-likeness (QED) is 0.512. The highest BCUT2D eigenvalue weighted by atomic mass is 28.3. The van der Waals surface area contributed by atoms with Crippen LogP contribution in [0.5, 0.6) is 0 Å². The van der Waals surface area contributed by atoms with Gasteiger partial charge in [-0.05, 0) is 18.8 Å². The van der Waals surface area contributed by atoms with E-state index in [1.54, 1.807) is 5.19 Å². The molecule has 1 aliphatic carbocycles. The monoisotopic (exact) mass is 328 g/mol. The fourth-order valence-corrected chi connectivity index (χ4v) is 7.78. The van der Waals surface area contributed by atoms with E-state index >= 15 is 0 Å². The fourth-order valence-electron chi connectivity index (χ4n) is 3.70. The van der Waals surface area contributed by atoms with Crippen molar-refractivity contribution >= 4 is 21.3 Å². The van der Waals surface area contributed by atoms with Crippen molar-refractivity contribution < 1.29 is 0 Å². The Morgan fingerprint density at radius 2 is 1.50 bits per heavy atom. The van der Waals surface area contributed by atoms with Crippen molar-refractivity contribution in [2.45, 2.75) is 70.4 Å².